The Morgan fingerprint density at radius 2 is 2.20 bits per heavy atom. The highest BCUT2D eigenvalue weighted by Crippen LogP contribution is 2.27. The molecule has 7 heteroatoms. The van der Waals surface area contributed by atoms with E-state index in [-0.39, 0.29) is 17.2 Å². The molecule has 20 heavy (non-hydrogen) atoms. The zero-order valence-electron chi connectivity index (χ0n) is 10.9. The van der Waals surface area contributed by atoms with Gasteiger partial charge in [-0.15, -0.1) is 4.91 Å². The van der Waals surface area contributed by atoms with Gasteiger partial charge in [0.2, 0.25) is 0 Å². The third-order valence-corrected chi connectivity index (χ3v) is 2.64. The van der Waals surface area contributed by atoms with Gasteiger partial charge in [0.15, 0.2) is 11.5 Å². The van der Waals surface area contributed by atoms with E-state index in [1.165, 1.54) is 31.3 Å². The Bertz CT molecular complexity index is 675. The molecule has 0 bridgehead atoms. The number of rotatable bonds is 3. The van der Waals surface area contributed by atoms with Crippen molar-refractivity contribution >= 4 is 23.1 Å². The number of nitroso groups, excluding NO2 is 1. The zero-order valence-corrected chi connectivity index (χ0v) is 10.9. The van der Waals surface area contributed by atoms with Crippen LogP contribution < -0.4 is 9.88 Å². The Hall–Kier alpha value is -2.70. The van der Waals surface area contributed by atoms with Crippen molar-refractivity contribution in [1.82, 2.24) is 4.98 Å². The summed E-state index contributed by atoms with van der Waals surface area (Å²) >= 11 is 0. The molecule has 2 rings (SSSR count). The van der Waals surface area contributed by atoms with Crippen LogP contribution in [0.5, 0.6) is 0 Å². The molecule has 2 aromatic heterocycles. The van der Waals surface area contributed by atoms with Gasteiger partial charge < -0.3 is 0 Å². The molecule has 0 saturated heterocycles. The van der Waals surface area contributed by atoms with E-state index in [0.717, 1.165) is 11.1 Å². The summed E-state index contributed by atoms with van der Waals surface area (Å²) in [5, 5.41) is 2.79. The number of aryl methyl sites for hydroxylation is 1. The van der Waals surface area contributed by atoms with E-state index in [4.69, 9.17) is 0 Å². The molecule has 1 amide bonds. The van der Waals surface area contributed by atoms with Crippen molar-refractivity contribution in [3.63, 3.8) is 0 Å². The molecule has 0 spiro atoms. The van der Waals surface area contributed by atoms with Crippen molar-refractivity contribution in [1.29, 1.82) is 0 Å². The first-order valence-corrected chi connectivity index (χ1v) is 5.81. The molecular weight excluding hydrogens is 263 g/mol. The molecule has 0 saturated carbocycles. The van der Waals surface area contributed by atoms with Crippen molar-refractivity contribution in [2.75, 3.05) is 4.90 Å². The molecule has 102 valence electrons. The van der Waals surface area contributed by atoms with Crippen molar-refractivity contribution < 1.29 is 14.2 Å². The predicted molar refractivity (Wildman–Crippen MR) is 70.2 cm³/mol. The van der Waals surface area contributed by atoms with Gasteiger partial charge in [-0.1, -0.05) is 0 Å². The van der Waals surface area contributed by atoms with E-state index in [9.17, 15) is 14.1 Å². The van der Waals surface area contributed by atoms with Crippen LogP contribution in [0.4, 0.5) is 21.6 Å². The summed E-state index contributed by atoms with van der Waals surface area (Å²) in [5.74, 6) is -0.795. The largest absolute Gasteiger partial charge is 0.311 e. The molecule has 0 aromatic carbocycles. The number of anilines is 2. The van der Waals surface area contributed by atoms with Crippen LogP contribution in [0.3, 0.4) is 0 Å². The normalized spacial score (nSPS) is 10.2. The number of halogens is 1. The lowest BCUT2D eigenvalue weighted by molar-refractivity contribution is -0.362. The van der Waals surface area contributed by atoms with Crippen LogP contribution in [0.1, 0.15) is 12.6 Å². The monoisotopic (exact) mass is 275 g/mol. The van der Waals surface area contributed by atoms with Gasteiger partial charge in [0.05, 0.1) is 18.5 Å². The number of carbonyl (C=O) groups is 1. The Kier molecular flexibility index (Phi) is 3.79. The SMILES string of the molecule is CC(=O)N(c1cc(N=O)cc[nH+]1)c1cc(C)ncc1F. The number of nitrogens with zero attached hydrogens (tertiary/aromatic N) is 3. The highest BCUT2D eigenvalue weighted by molar-refractivity contribution is 5.97. The molecule has 0 fully saturated rings. The van der Waals surface area contributed by atoms with Crippen LogP contribution in [-0.4, -0.2) is 10.9 Å². The molecule has 0 aliphatic heterocycles. The molecule has 0 atom stereocenters. The Balaban J connectivity index is 2.59. The summed E-state index contributed by atoms with van der Waals surface area (Å²) in [7, 11) is 0. The van der Waals surface area contributed by atoms with Crippen LogP contribution in [0.25, 0.3) is 0 Å². The first-order valence-electron chi connectivity index (χ1n) is 5.81. The van der Waals surface area contributed by atoms with Crippen molar-refractivity contribution in [2.24, 2.45) is 5.18 Å². The predicted octanol–water partition coefficient (Wildman–Crippen LogP) is 2.43. The number of H-pyrrole nitrogens is 1. The Labute approximate surface area is 114 Å². The van der Waals surface area contributed by atoms with Crippen LogP contribution in [0.2, 0.25) is 0 Å². The maximum absolute atomic E-state index is 13.9. The molecule has 2 aromatic rings. The van der Waals surface area contributed by atoms with E-state index in [1.54, 1.807) is 6.92 Å². The van der Waals surface area contributed by atoms with Gasteiger partial charge in [-0.05, 0) is 12.1 Å². The summed E-state index contributed by atoms with van der Waals surface area (Å²) in [4.78, 5) is 30.1. The summed E-state index contributed by atoms with van der Waals surface area (Å²) in [6, 6.07) is 4.26. The molecular formula is C13H12FN4O2+. The molecule has 0 radical (unpaired) electrons. The standard InChI is InChI=1S/C13H11FN4O2/c1-8-5-12(11(14)7-16-8)18(9(2)19)13-6-10(17-20)3-4-15-13/h3-7H,1-2H3/p+1. The van der Waals surface area contributed by atoms with Crippen molar-refractivity contribution in [2.45, 2.75) is 13.8 Å². The first-order chi connectivity index (χ1) is 9.52. The van der Waals surface area contributed by atoms with Gasteiger partial charge in [0.25, 0.3) is 5.82 Å². The maximum atomic E-state index is 13.9. The third kappa shape index (κ3) is 2.66. The van der Waals surface area contributed by atoms with E-state index < -0.39 is 11.7 Å². The first kappa shape index (κ1) is 13.7. The lowest BCUT2D eigenvalue weighted by atomic mass is 10.2. The Morgan fingerprint density at radius 1 is 1.45 bits per heavy atom. The number of amides is 1. The minimum Gasteiger partial charge on any atom is -0.258 e. The second kappa shape index (κ2) is 5.52. The number of carbonyl (C=O) groups excluding carboxylic acids is 1. The summed E-state index contributed by atoms with van der Waals surface area (Å²) in [6.45, 7) is 2.98. The summed E-state index contributed by atoms with van der Waals surface area (Å²) < 4.78 is 13.9. The fraction of sp³-hybridized carbons (Fsp3) is 0.154. The highest BCUT2D eigenvalue weighted by Gasteiger charge is 2.27. The van der Waals surface area contributed by atoms with E-state index >= 15 is 0 Å². The fourth-order valence-corrected chi connectivity index (χ4v) is 1.80. The average molecular weight is 275 g/mol. The maximum Gasteiger partial charge on any atom is 0.311 e. The second-order valence-electron chi connectivity index (χ2n) is 4.15. The topological polar surface area (TPSA) is 76.8 Å². The summed E-state index contributed by atoms with van der Waals surface area (Å²) in [6.07, 6.45) is 2.50. The number of pyridine rings is 2. The number of aromatic amines is 1. The van der Waals surface area contributed by atoms with Gasteiger partial charge >= 0.3 is 5.91 Å². The molecule has 0 aliphatic carbocycles. The van der Waals surface area contributed by atoms with Crippen LogP contribution in [0, 0.1) is 17.6 Å². The van der Waals surface area contributed by atoms with Gasteiger partial charge in [0, 0.05) is 24.8 Å². The highest BCUT2D eigenvalue weighted by atomic mass is 19.1. The lowest BCUT2D eigenvalue weighted by Gasteiger charge is -2.13. The van der Waals surface area contributed by atoms with Crippen molar-refractivity contribution in [3.05, 3.63) is 47.0 Å². The molecule has 6 nitrogen and oxygen atoms in total. The smallest absolute Gasteiger partial charge is 0.258 e. The minimum atomic E-state index is -0.635. The fourth-order valence-electron chi connectivity index (χ4n) is 1.80. The van der Waals surface area contributed by atoms with Gasteiger partial charge in [0.1, 0.15) is 5.69 Å². The van der Waals surface area contributed by atoms with Crippen molar-refractivity contribution in [3.8, 4) is 0 Å². The van der Waals surface area contributed by atoms with Crippen LogP contribution in [-0.2, 0) is 4.79 Å². The third-order valence-electron chi connectivity index (χ3n) is 2.64. The lowest BCUT2D eigenvalue weighted by Crippen LogP contribution is -2.29. The molecule has 1 N–H and O–H groups in total. The van der Waals surface area contributed by atoms with Gasteiger partial charge in [-0.3, -0.25) is 4.98 Å². The van der Waals surface area contributed by atoms with E-state index in [1.807, 2.05) is 0 Å². The quantitative estimate of drug-likeness (QED) is 0.807. The average Bonchev–Trinajstić information content (AvgIpc) is 2.43. The minimum absolute atomic E-state index is 0.0595. The van der Waals surface area contributed by atoms with E-state index in [0.29, 0.717) is 5.69 Å². The van der Waals surface area contributed by atoms with Crippen LogP contribution in [0.15, 0.2) is 35.8 Å². The number of aromatic nitrogens is 2. The van der Waals surface area contributed by atoms with E-state index in [2.05, 4.69) is 15.1 Å². The van der Waals surface area contributed by atoms with Crippen LogP contribution >= 0.6 is 0 Å². The second-order valence-corrected chi connectivity index (χ2v) is 4.15. The van der Waals surface area contributed by atoms with Gasteiger partial charge in [-0.2, -0.15) is 4.90 Å². The van der Waals surface area contributed by atoms with Gasteiger partial charge in [-0.25, -0.2) is 14.2 Å². The molecule has 2 heterocycles. The Morgan fingerprint density at radius 3 is 2.85 bits per heavy atom. The number of hydrogen-bond donors (Lipinski definition) is 0. The number of nitrogens with one attached hydrogen (secondary N) is 1. The number of hydrogen-bond acceptors (Lipinski definition) is 4. The molecule has 0 unspecified atom stereocenters. The molecule has 0 aliphatic rings. The zero-order chi connectivity index (χ0) is 14.7. The summed E-state index contributed by atoms with van der Waals surface area (Å²) in [5.41, 5.74) is 0.762.